The van der Waals surface area contributed by atoms with E-state index < -0.39 is 17.7 Å². The van der Waals surface area contributed by atoms with Crippen LogP contribution in [0.15, 0.2) is 48.0 Å². The molecule has 1 saturated heterocycles. The number of hydrogen-bond acceptors (Lipinski definition) is 5. The van der Waals surface area contributed by atoms with Crippen molar-refractivity contribution < 1.29 is 24.5 Å². The van der Waals surface area contributed by atoms with E-state index in [0.29, 0.717) is 11.1 Å². The summed E-state index contributed by atoms with van der Waals surface area (Å²) in [6.07, 6.45) is 0. The standard InChI is InChI=1S/C22H23NO5/c1-13-7-8-16(11-14(13)2)20(25)18-19(15-5-4-6-17(24)12-15)23(9-10-28-3)22(27)21(18)26/h4-8,11-12,19,24-25H,9-10H2,1-3H3/b20-18-. The number of Topliss-reactive ketones (excluding diaryl/α,β-unsaturated/α-hetero) is 1. The predicted octanol–water partition coefficient (Wildman–Crippen LogP) is 3.08. The molecular weight excluding hydrogens is 358 g/mol. The summed E-state index contributed by atoms with van der Waals surface area (Å²) >= 11 is 0. The van der Waals surface area contributed by atoms with Gasteiger partial charge in [-0.25, -0.2) is 0 Å². The molecule has 0 bridgehead atoms. The zero-order valence-electron chi connectivity index (χ0n) is 16.1. The van der Waals surface area contributed by atoms with Gasteiger partial charge >= 0.3 is 0 Å². The first-order valence-electron chi connectivity index (χ1n) is 8.99. The minimum atomic E-state index is -0.802. The summed E-state index contributed by atoms with van der Waals surface area (Å²) in [6, 6.07) is 10.9. The Morgan fingerprint density at radius 3 is 2.50 bits per heavy atom. The smallest absolute Gasteiger partial charge is 0.295 e. The normalized spacial score (nSPS) is 18.7. The zero-order valence-corrected chi connectivity index (χ0v) is 16.1. The number of nitrogens with zero attached hydrogens (tertiary/aromatic N) is 1. The van der Waals surface area contributed by atoms with Crippen LogP contribution in [0.1, 0.15) is 28.3 Å². The van der Waals surface area contributed by atoms with E-state index >= 15 is 0 Å². The first kappa shape index (κ1) is 19.6. The lowest BCUT2D eigenvalue weighted by Gasteiger charge is -2.25. The van der Waals surface area contributed by atoms with E-state index in [2.05, 4.69) is 0 Å². The predicted molar refractivity (Wildman–Crippen MR) is 105 cm³/mol. The molecule has 6 nitrogen and oxygen atoms in total. The molecule has 0 aliphatic carbocycles. The summed E-state index contributed by atoms with van der Waals surface area (Å²) in [7, 11) is 1.51. The van der Waals surface area contributed by atoms with Crippen LogP contribution in [0.4, 0.5) is 0 Å². The third-order valence-corrected chi connectivity index (χ3v) is 5.04. The molecule has 28 heavy (non-hydrogen) atoms. The summed E-state index contributed by atoms with van der Waals surface area (Å²) < 4.78 is 5.07. The van der Waals surface area contributed by atoms with Gasteiger partial charge in [0.1, 0.15) is 11.5 Å². The molecule has 3 rings (SSSR count). The van der Waals surface area contributed by atoms with E-state index in [-0.39, 0.29) is 30.2 Å². The third kappa shape index (κ3) is 3.51. The second kappa shape index (κ2) is 7.86. The summed E-state index contributed by atoms with van der Waals surface area (Å²) in [6.45, 7) is 4.29. The number of carbonyl (C=O) groups is 2. The number of ether oxygens (including phenoxy) is 1. The molecule has 1 heterocycles. The van der Waals surface area contributed by atoms with Crippen molar-refractivity contribution in [2.24, 2.45) is 0 Å². The van der Waals surface area contributed by atoms with E-state index in [1.807, 2.05) is 19.9 Å². The van der Waals surface area contributed by atoms with E-state index in [0.717, 1.165) is 11.1 Å². The number of aliphatic hydroxyl groups is 1. The molecule has 0 radical (unpaired) electrons. The van der Waals surface area contributed by atoms with Gasteiger partial charge in [-0.1, -0.05) is 24.3 Å². The molecule has 2 aromatic carbocycles. The molecule has 2 aromatic rings. The van der Waals surface area contributed by atoms with Crippen LogP contribution in [-0.2, 0) is 14.3 Å². The highest BCUT2D eigenvalue weighted by Crippen LogP contribution is 2.40. The summed E-state index contributed by atoms with van der Waals surface area (Å²) in [5.74, 6) is -1.66. The number of hydrogen-bond donors (Lipinski definition) is 2. The van der Waals surface area contributed by atoms with Crippen molar-refractivity contribution in [2.75, 3.05) is 20.3 Å². The van der Waals surface area contributed by atoms with Crippen molar-refractivity contribution in [3.63, 3.8) is 0 Å². The van der Waals surface area contributed by atoms with Gasteiger partial charge in [0.25, 0.3) is 11.7 Å². The number of phenols is 1. The average Bonchev–Trinajstić information content (AvgIpc) is 2.92. The minimum absolute atomic E-state index is 0.00922. The van der Waals surface area contributed by atoms with E-state index in [1.165, 1.54) is 24.1 Å². The topological polar surface area (TPSA) is 87.1 Å². The Hall–Kier alpha value is -3.12. The van der Waals surface area contributed by atoms with E-state index in [9.17, 15) is 19.8 Å². The number of aryl methyl sites for hydroxylation is 2. The van der Waals surface area contributed by atoms with Crippen molar-refractivity contribution in [1.29, 1.82) is 0 Å². The Labute approximate surface area is 163 Å². The number of likely N-dealkylation sites (tertiary alicyclic amines) is 1. The lowest BCUT2D eigenvalue weighted by Crippen LogP contribution is -2.32. The van der Waals surface area contributed by atoms with Gasteiger partial charge in [-0.05, 0) is 48.7 Å². The van der Waals surface area contributed by atoms with Crippen molar-refractivity contribution in [2.45, 2.75) is 19.9 Å². The number of phenolic OH excluding ortho intramolecular Hbond substituents is 1. The van der Waals surface area contributed by atoms with Crippen LogP contribution < -0.4 is 0 Å². The molecule has 2 N–H and O–H groups in total. The maximum absolute atomic E-state index is 12.8. The van der Waals surface area contributed by atoms with Crippen LogP contribution in [0.3, 0.4) is 0 Å². The highest BCUT2D eigenvalue weighted by molar-refractivity contribution is 6.46. The summed E-state index contributed by atoms with van der Waals surface area (Å²) in [5, 5.41) is 20.8. The molecule has 1 fully saturated rings. The lowest BCUT2D eigenvalue weighted by molar-refractivity contribution is -0.140. The largest absolute Gasteiger partial charge is 0.508 e. The number of benzene rings is 2. The average molecular weight is 381 g/mol. The fraction of sp³-hybridized carbons (Fsp3) is 0.273. The molecule has 146 valence electrons. The van der Waals surface area contributed by atoms with Gasteiger partial charge in [0, 0.05) is 19.2 Å². The van der Waals surface area contributed by atoms with Crippen LogP contribution in [0.5, 0.6) is 5.75 Å². The first-order valence-corrected chi connectivity index (χ1v) is 8.99. The van der Waals surface area contributed by atoms with Gasteiger partial charge in [-0.2, -0.15) is 0 Å². The molecule has 0 spiro atoms. The number of amides is 1. The molecular formula is C22H23NO5. The van der Waals surface area contributed by atoms with Crippen molar-refractivity contribution in [1.82, 2.24) is 4.90 Å². The number of ketones is 1. The van der Waals surface area contributed by atoms with Gasteiger partial charge in [0.2, 0.25) is 0 Å². The fourth-order valence-corrected chi connectivity index (χ4v) is 3.39. The van der Waals surface area contributed by atoms with Crippen LogP contribution in [-0.4, -0.2) is 47.1 Å². The van der Waals surface area contributed by atoms with Crippen LogP contribution in [0.2, 0.25) is 0 Å². The van der Waals surface area contributed by atoms with Gasteiger partial charge in [0.05, 0.1) is 18.2 Å². The maximum Gasteiger partial charge on any atom is 0.295 e. The highest BCUT2D eigenvalue weighted by Gasteiger charge is 2.45. The van der Waals surface area contributed by atoms with Gasteiger partial charge < -0.3 is 19.8 Å². The number of carbonyl (C=O) groups excluding carboxylic acids is 2. The fourth-order valence-electron chi connectivity index (χ4n) is 3.39. The minimum Gasteiger partial charge on any atom is -0.508 e. The zero-order chi connectivity index (χ0) is 20.4. The Morgan fingerprint density at radius 1 is 1.11 bits per heavy atom. The van der Waals surface area contributed by atoms with E-state index in [1.54, 1.807) is 24.3 Å². The summed E-state index contributed by atoms with van der Waals surface area (Å²) in [4.78, 5) is 26.8. The maximum atomic E-state index is 12.8. The van der Waals surface area contributed by atoms with Crippen LogP contribution in [0, 0.1) is 13.8 Å². The number of aliphatic hydroxyl groups excluding tert-OH is 1. The SMILES string of the molecule is COCCN1C(=O)C(=O)/C(=C(\O)c2ccc(C)c(C)c2)C1c1cccc(O)c1. The Kier molecular flexibility index (Phi) is 5.51. The number of methoxy groups -OCH3 is 1. The Bertz CT molecular complexity index is 963. The van der Waals surface area contributed by atoms with Gasteiger partial charge in [-0.15, -0.1) is 0 Å². The Balaban J connectivity index is 2.18. The highest BCUT2D eigenvalue weighted by atomic mass is 16.5. The van der Waals surface area contributed by atoms with E-state index in [4.69, 9.17) is 4.74 Å². The molecule has 1 amide bonds. The molecule has 1 aliphatic rings. The molecule has 1 aliphatic heterocycles. The lowest BCUT2D eigenvalue weighted by atomic mass is 9.94. The quantitative estimate of drug-likeness (QED) is 0.472. The molecule has 0 saturated carbocycles. The summed E-state index contributed by atoms with van der Waals surface area (Å²) in [5.41, 5.74) is 3.04. The van der Waals surface area contributed by atoms with Gasteiger partial charge in [0.15, 0.2) is 0 Å². The third-order valence-electron chi connectivity index (χ3n) is 5.04. The Morgan fingerprint density at radius 2 is 1.86 bits per heavy atom. The second-order valence-corrected chi connectivity index (χ2v) is 6.88. The van der Waals surface area contributed by atoms with Crippen LogP contribution in [0.25, 0.3) is 5.76 Å². The second-order valence-electron chi connectivity index (χ2n) is 6.88. The van der Waals surface area contributed by atoms with Gasteiger partial charge in [-0.3, -0.25) is 9.59 Å². The molecule has 1 unspecified atom stereocenters. The first-order chi connectivity index (χ1) is 13.3. The van der Waals surface area contributed by atoms with Crippen molar-refractivity contribution in [3.05, 3.63) is 70.3 Å². The molecule has 1 atom stereocenters. The van der Waals surface area contributed by atoms with Crippen LogP contribution >= 0.6 is 0 Å². The number of aromatic hydroxyl groups is 1. The number of rotatable bonds is 5. The monoisotopic (exact) mass is 381 g/mol. The molecule has 0 aromatic heterocycles. The van der Waals surface area contributed by atoms with Crippen molar-refractivity contribution >= 4 is 17.4 Å². The molecule has 6 heteroatoms. The van der Waals surface area contributed by atoms with Crippen molar-refractivity contribution in [3.8, 4) is 5.75 Å².